The van der Waals surface area contributed by atoms with Gasteiger partial charge in [0, 0.05) is 22.8 Å². The zero-order valence-electron chi connectivity index (χ0n) is 25.1. The predicted molar refractivity (Wildman–Crippen MR) is 179 cm³/mol. The van der Waals surface area contributed by atoms with E-state index in [0.717, 1.165) is 16.9 Å². The molecule has 3 aromatic carbocycles. The number of aromatic nitrogens is 2. The lowest BCUT2D eigenvalue weighted by Gasteiger charge is -2.23. The monoisotopic (exact) mass is 675 g/mol. The summed E-state index contributed by atoms with van der Waals surface area (Å²) in [6, 6.07) is 16.9. The molecule has 2 atom stereocenters. The number of benzene rings is 3. The minimum Gasteiger partial charge on any atom is -0.507 e. The van der Waals surface area contributed by atoms with E-state index in [1.807, 2.05) is 38.1 Å². The highest BCUT2D eigenvalue weighted by Crippen LogP contribution is 2.46. The minimum absolute atomic E-state index is 0.000768. The highest BCUT2D eigenvalue weighted by atomic mass is 35.5. The first-order valence-electron chi connectivity index (χ1n) is 14.6. The van der Waals surface area contributed by atoms with Crippen LogP contribution in [0.1, 0.15) is 42.1 Å². The third-order valence-electron chi connectivity index (χ3n) is 7.46. The molecule has 3 heterocycles. The summed E-state index contributed by atoms with van der Waals surface area (Å²) >= 11 is 8.93. The van der Waals surface area contributed by atoms with Gasteiger partial charge < -0.3 is 19.3 Å². The largest absolute Gasteiger partial charge is 0.507 e. The predicted octanol–water partition coefficient (Wildman–Crippen LogP) is 7.40. The number of hydrogen-bond acceptors (Lipinski definition) is 10. The van der Waals surface area contributed by atoms with Crippen molar-refractivity contribution in [2.24, 2.45) is 0 Å². The summed E-state index contributed by atoms with van der Waals surface area (Å²) in [5, 5.41) is 21.2. The van der Waals surface area contributed by atoms with Gasteiger partial charge in [0.15, 0.2) is 15.8 Å². The van der Waals surface area contributed by atoms with Crippen molar-refractivity contribution < 1.29 is 28.9 Å². The molecule has 4 aromatic rings. The molecule has 12 heteroatoms. The van der Waals surface area contributed by atoms with Crippen molar-refractivity contribution in [3.05, 3.63) is 106 Å². The number of nitrogens with zero attached hydrogens (tertiary/aromatic N) is 3. The molecule has 6 rings (SSSR count). The van der Waals surface area contributed by atoms with Crippen molar-refractivity contribution in [2.45, 2.75) is 42.5 Å². The number of rotatable bonds is 11. The van der Waals surface area contributed by atoms with E-state index in [1.54, 1.807) is 42.5 Å². The van der Waals surface area contributed by atoms with E-state index in [1.165, 1.54) is 28.0 Å². The van der Waals surface area contributed by atoms with Crippen molar-refractivity contribution in [3.63, 3.8) is 0 Å². The van der Waals surface area contributed by atoms with Crippen LogP contribution >= 0.6 is 34.7 Å². The molecule has 1 amide bonds. The Labute approximate surface area is 279 Å². The van der Waals surface area contributed by atoms with Gasteiger partial charge in [0.25, 0.3) is 5.78 Å². The average molecular weight is 676 g/mol. The maximum atomic E-state index is 13.8. The molecule has 0 aliphatic carbocycles. The quantitative estimate of drug-likeness (QED) is 0.0434. The molecule has 0 saturated carbocycles. The number of aliphatic hydroxyl groups is 1. The number of thioether (sulfide) groups is 1. The summed E-state index contributed by atoms with van der Waals surface area (Å²) in [6.07, 6.45) is 2.29. The fraction of sp³-hybridized carbons (Fsp3) is 0.235. The number of ketones is 1. The van der Waals surface area contributed by atoms with Gasteiger partial charge in [-0.2, -0.15) is 0 Å². The Balaban J connectivity index is 1.43. The van der Waals surface area contributed by atoms with E-state index in [-0.39, 0.29) is 29.2 Å². The first-order chi connectivity index (χ1) is 22.3. The highest BCUT2D eigenvalue weighted by molar-refractivity contribution is 8.00. The van der Waals surface area contributed by atoms with Crippen LogP contribution < -0.4 is 19.1 Å². The Bertz CT molecular complexity index is 1860. The van der Waals surface area contributed by atoms with E-state index in [0.29, 0.717) is 50.8 Å². The lowest BCUT2D eigenvalue weighted by Crippen LogP contribution is -2.29. The van der Waals surface area contributed by atoms with Crippen molar-refractivity contribution in [1.29, 1.82) is 0 Å². The second-order valence-corrected chi connectivity index (χ2v) is 13.2. The molecule has 1 saturated heterocycles. The number of amides is 1. The summed E-state index contributed by atoms with van der Waals surface area (Å²) < 4.78 is 18.1. The molecule has 2 unspecified atom stereocenters. The van der Waals surface area contributed by atoms with Crippen LogP contribution in [0.15, 0.2) is 83.2 Å². The first kappa shape index (κ1) is 31.7. The van der Waals surface area contributed by atoms with E-state index in [4.69, 9.17) is 25.8 Å². The van der Waals surface area contributed by atoms with Crippen molar-refractivity contribution in [3.8, 4) is 17.2 Å². The summed E-state index contributed by atoms with van der Waals surface area (Å²) in [5.74, 6) is 0.213. The van der Waals surface area contributed by atoms with Gasteiger partial charge in [-0.25, -0.2) is 0 Å². The molecular formula is C34H30ClN3O6S2. The number of Topliss-reactive ketones (excluding diaryl/α,β-unsaturated/α-hetero) is 1. The van der Waals surface area contributed by atoms with Gasteiger partial charge in [0.2, 0.25) is 5.13 Å². The molecule has 0 radical (unpaired) electrons. The van der Waals surface area contributed by atoms with Gasteiger partial charge in [-0.1, -0.05) is 71.6 Å². The number of aliphatic hydroxyl groups excluding tert-OH is 1. The maximum Gasteiger partial charge on any atom is 0.301 e. The number of carbonyl (C=O) groups is 2. The zero-order chi connectivity index (χ0) is 32.4. The van der Waals surface area contributed by atoms with Crippen LogP contribution in [0.4, 0.5) is 5.13 Å². The van der Waals surface area contributed by atoms with E-state index in [2.05, 4.69) is 16.8 Å². The summed E-state index contributed by atoms with van der Waals surface area (Å²) in [5.41, 5.74) is 2.70. The lowest BCUT2D eigenvalue weighted by molar-refractivity contribution is -0.132. The summed E-state index contributed by atoms with van der Waals surface area (Å²) in [4.78, 5) is 28.9. The number of anilines is 1. The second kappa shape index (κ2) is 13.6. The van der Waals surface area contributed by atoms with Crippen LogP contribution in [0, 0.1) is 0 Å². The number of carbonyl (C=O) groups excluding carboxylic acids is 2. The second-order valence-electron chi connectivity index (χ2n) is 10.6. The standard InChI is InChI=1S/C34H30ClN3O6S2/c1-4-14-43-26-13-10-20(17-27(26)42-5-2)29-28(30(39)21-11-12-25-23(16-21)15-19(3)44-25)31(40)32(41)38(29)33-36-37-34(46-33)45-18-22-8-6-7-9-24(22)35/h4,6-13,16-17,19,29,39H,1,5,14-15,18H2,2-3H3. The van der Waals surface area contributed by atoms with Crippen molar-refractivity contribution in [1.82, 2.24) is 10.2 Å². The van der Waals surface area contributed by atoms with Crippen LogP contribution in [-0.2, 0) is 21.8 Å². The fourth-order valence-corrected chi connectivity index (χ4v) is 7.57. The molecular weight excluding hydrogens is 646 g/mol. The molecule has 1 fully saturated rings. The molecule has 9 nitrogen and oxygen atoms in total. The van der Waals surface area contributed by atoms with Gasteiger partial charge in [-0.05, 0) is 66.9 Å². The van der Waals surface area contributed by atoms with Gasteiger partial charge >= 0.3 is 5.91 Å². The number of ether oxygens (including phenoxy) is 3. The first-order valence-corrected chi connectivity index (χ1v) is 16.8. The smallest absolute Gasteiger partial charge is 0.301 e. The van der Waals surface area contributed by atoms with Crippen LogP contribution in [0.5, 0.6) is 17.2 Å². The highest BCUT2D eigenvalue weighted by Gasteiger charge is 2.48. The lowest BCUT2D eigenvalue weighted by atomic mass is 9.94. The Morgan fingerprint density at radius 3 is 2.76 bits per heavy atom. The van der Waals surface area contributed by atoms with Gasteiger partial charge in [-0.15, -0.1) is 10.2 Å². The third-order valence-corrected chi connectivity index (χ3v) is 9.94. The molecule has 46 heavy (non-hydrogen) atoms. The maximum absolute atomic E-state index is 13.8. The van der Waals surface area contributed by atoms with Crippen LogP contribution in [0.25, 0.3) is 5.76 Å². The molecule has 0 bridgehead atoms. The van der Waals surface area contributed by atoms with E-state index in [9.17, 15) is 14.7 Å². The number of fused-ring (bicyclic) bond motifs is 1. The van der Waals surface area contributed by atoms with Crippen LogP contribution in [-0.4, -0.2) is 46.3 Å². The number of hydrogen-bond donors (Lipinski definition) is 1. The van der Waals surface area contributed by atoms with Gasteiger partial charge in [-0.3, -0.25) is 14.5 Å². The summed E-state index contributed by atoms with van der Waals surface area (Å²) in [6.45, 7) is 8.13. The Kier molecular flexibility index (Phi) is 9.34. The van der Waals surface area contributed by atoms with E-state index < -0.39 is 17.7 Å². The van der Waals surface area contributed by atoms with Crippen LogP contribution in [0.3, 0.4) is 0 Å². The molecule has 1 aromatic heterocycles. The topological polar surface area (TPSA) is 111 Å². The molecule has 236 valence electrons. The van der Waals surface area contributed by atoms with Gasteiger partial charge in [0.05, 0.1) is 18.2 Å². The van der Waals surface area contributed by atoms with Gasteiger partial charge in [0.1, 0.15) is 24.2 Å². The average Bonchev–Trinajstić information content (AvgIpc) is 3.74. The Morgan fingerprint density at radius 1 is 1.15 bits per heavy atom. The van der Waals surface area contributed by atoms with Crippen molar-refractivity contribution >= 4 is 57.3 Å². The van der Waals surface area contributed by atoms with Crippen LogP contribution in [0.2, 0.25) is 5.02 Å². The third kappa shape index (κ3) is 6.22. The summed E-state index contributed by atoms with van der Waals surface area (Å²) in [7, 11) is 0. The molecule has 0 spiro atoms. The number of halogens is 1. The Hall–Kier alpha value is -4.32. The molecule has 2 aliphatic rings. The molecule has 2 aliphatic heterocycles. The minimum atomic E-state index is -1.02. The van der Waals surface area contributed by atoms with Crippen molar-refractivity contribution in [2.75, 3.05) is 18.1 Å². The molecule has 1 N–H and O–H groups in total. The zero-order valence-corrected chi connectivity index (χ0v) is 27.5. The SMILES string of the molecule is C=CCOc1ccc(C2C(=C(O)c3ccc4c(c3)CC(C)O4)C(=O)C(=O)N2c2nnc(SCc3ccccc3Cl)s2)cc1OCC. The normalized spacial score (nSPS) is 18.4. The fourth-order valence-electron chi connectivity index (χ4n) is 5.41. The Morgan fingerprint density at radius 2 is 1.98 bits per heavy atom. The van der Waals surface area contributed by atoms with E-state index >= 15 is 0 Å².